The smallest absolute Gasteiger partial charge is 0.200 e. The Bertz CT molecular complexity index is 376. The average Bonchev–Trinajstić information content (AvgIpc) is 2.33. The van der Waals surface area contributed by atoms with E-state index < -0.39 is 11.6 Å². The van der Waals surface area contributed by atoms with Crippen molar-refractivity contribution >= 4 is 0 Å². The maximum atomic E-state index is 13.3. The minimum absolute atomic E-state index is 0.00599. The standard InChI is InChI=1S/C12H15F2NO/c1-16-11-7-9(6-10(13)12(11)14)8-2-4-15-5-3-8/h6-8,15H,2-5H2,1H3. The Labute approximate surface area is 93.6 Å². The monoisotopic (exact) mass is 227 g/mol. The SMILES string of the molecule is COc1cc(C2CCNCC2)cc(F)c1F. The van der Waals surface area contributed by atoms with Crippen LogP contribution in [0.25, 0.3) is 0 Å². The summed E-state index contributed by atoms with van der Waals surface area (Å²) in [6, 6.07) is 2.89. The highest BCUT2D eigenvalue weighted by atomic mass is 19.2. The van der Waals surface area contributed by atoms with Crippen molar-refractivity contribution in [2.75, 3.05) is 20.2 Å². The van der Waals surface area contributed by atoms with E-state index in [1.165, 1.54) is 13.2 Å². The van der Waals surface area contributed by atoms with Crippen LogP contribution in [0.15, 0.2) is 12.1 Å². The zero-order valence-electron chi connectivity index (χ0n) is 9.22. The van der Waals surface area contributed by atoms with Gasteiger partial charge in [-0.15, -0.1) is 0 Å². The lowest BCUT2D eigenvalue weighted by Crippen LogP contribution is -2.26. The molecule has 1 N–H and O–H groups in total. The Kier molecular flexibility index (Phi) is 3.39. The van der Waals surface area contributed by atoms with E-state index in [-0.39, 0.29) is 5.75 Å². The van der Waals surface area contributed by atoms with Gasteiger partial charge in [0.05, 0.1) is 7.11 Å². The molecule has 0 radical (unpaired) electrons. The summed E-state index contributed by atoms with van der Waals surface area (Å²) in [6.45, 7) is 1.85. The van der Waals surface area contributed by atoms with Crippen LogP contribution in [0.3, 0.4) is 0 Å². The number of methoxy groups -OCH3 is 1. The van der Waals surface area contributed by atoms with Crippen molar-refractivity contribution in [1.29, 1.82) is 0 Å². The fraction of sp³-hybridized carbons (Fsp3) is 0.500. The quantitative estimate of drug-likeness (QED) is 0.837. The Hall–Kier alpha value is -1.16. The summed E-state index contributed by atoms with van der Waals surface area (Å²) in [5.74, 6) is -1.44. The highest BCUT2D eigenvalue weighted by Gasteiger charge is 2.19. The Morgan fingerprint density at radius 3 is 2.56 bits per heavy atom. The molecular formula is C12H15F2NO. The molecule has 2 nitrogen and oxygen atoms in total. The van der Waals surface area contributed by atoms with Gasteiger partial charge >= 0.3 is 0 Å². The predicted octanol–water partition coefficient (Wildman–Crippen LogP) is 2.44. The molecular weight excluding hydrogens is 212 g/mol. The molecule has 0 aliphatic carbocycles. The second-order valence-electron chi connectivity index (χ2n) is 4.04. The summed E-state index contributed by atoms with van der Waals surface area (Å²) >= 11 is 0. The lowest BCUT2D eigenvalue weighted by molar-refractivity contribution is 0.368. The number of benzene rings is 1. The molecule has 0 atom stereocenters. The van der Waals surface area contributed by atoms with Crippen LogP contribution in [-0.4, -0.2) is 20.2 Å². The van der Waals surface area contributed by atoms with E-state index in [9.17, 15) is 8.78 Å². The molecule has 4 heteroatoms. The summed E-state index contributed by atoms with van der Waals surface area (Å²) in [5.41, 5.74) is 0.831. The van der Waals surface area contributed by atoms with Gasteiger partial charge in [-0.1, -0.05) is 0 Å². The van der Waals surface area contributed by atoms with Crippen molar-refractivity contribution in [3.63, 3.8) is 0 Å². The number of rotatable bonds is 2. The van der Waals surface area contributed by atoms with Crippen molar-refractivity contribution in [3.05, 3.63) is 29.3 Å². The Morgan fingerprint density at radius 1 is 1.25 bits per heavy atom. The first-order valence-corrected chi connectivity index (χ1v) is 5.46. The van der Waals surface area contributed by atoms with Crippen LogP contribution >= 0.6 is 0 Å². The normalized spacial score (nSPS) is 17.4. The van der Waals surface area contributed by atoms with Crippen molar-refractivity contribution in [2.24, 2.45) is 0 Å². The lowest BCUT2D eigenvalue weighted by atomic mass is 9.90. The van der Waals surface area contributed by atoms with Crippen molar-refractivity contribution in [2.45, 2.75) is 18.8 Å². The van der Waals surface area contributed by atoms with Crippen molar-refractivity contribution in [3.8, 4) is 5.75 Å². The third-order valence-electron chi connectivity index (χ3n) is 3.05. The first kappa shape index (κ1) is 11.3. The van der Waals surface area contributed by atoms with Gasteiger partial charge in [-0.25, -0.2) is 4.39 Å². The van der Waals surface area contributed by atoms with E-state index in [1.807, 2.05) is 0 Å². The zero-order valence-corrected chi connectivity index (χ0v) is 9.22. The van der Waals surface area contributed by atoms with Gasteiger partial charge in [0.1, 0.15) is 0 Å². The van der Waals surface area contributed by atoms with Gasteiger partial charge in [0, 0.05) is 0 Å². The van der Waals surface area contributed by atoms with E-state index in [1.54, 1.807) is 6.07 Å². The van der Waals surface area contributed by atoms with E-state index in [4.69, 9.17) is 4.74 Å². The van der Waals surface area contributed by atoms with Gasteiger partial charge in [-0.05, 0) is 49.5 Å². The molecule has 1 fully saturated rings. The molecule has 1 aliphatic heterocycles. The first-order chi connectivity index (χ1) is 7.72. The lowest BCUT2D eigenvalue weighted by Gasteiger charge is -2.23. The summed E-state index contributed by atoms with van der Waals surface area (Å²) in [5, 5.41) is 3.24. The average molecular weight is 227 g/mol. The topological polar surface area (TPSA) is 21.3 Å². The molecule has 0 aromatic heterocycles. The highest BCUT2D eigenvalue weighted by molar-refractivity contribution is 5.33. The third-order valence-corrected chi connectivity index (χ3v) is 3.05. The number of piperidine rings is 1. The van der Waals surface area contributed by atoms with E-state index in [0.717, 1.165) is 31.5 Å². The maximum Gasteiger partial charge on any atom is 0.200 e. The van der Waals surface area contributed by atoms with Gasteiger partial charge < -0.3 is 10.1 Å². The van der Waals surface area contributed by atoms with Gasteiger partial charge in [-0.3, -0.25) is 0 Å². The maximum absolute atomic E-state index is 13.3. The largest absolute Gasteiger partial charge is 0.494 e. The number of hydrogen-bond donors (Lipinski definition) is 1. The van der Waals surface area contributed by atoms with Crippen LogP contribution in [0.2, 0.25) is 0 Å². The summed E-state index contributed by atoms with van der Waals surface area (Å²) in [7, 11) is 1.35. The second kappa shape index (κ2) is 4.78. The molecule has 0 unspecified atom stereocenters. The fourth-order valence-electron chi connectivity index (χ4n) is 2.12. The van der Waals surface area contributed by atoms with Gasteiger partial charge in [0.25, 0.3) is 0 Å². The van der Waals surface area contributed by atoms with Crippen molar-refractivity contribution < 1.29 is 13.5 Å². The fourth-order valence-corrected chi connectivity index (χ4v) is 2.12. The van der Waals surface area contributed by atoms with Gasteiger partial charge in [-0.2, -0.15) is 4.39 Å². The molecule has 0 spiro atoms. The molecule has 0 saturated carbocycles. The Balaban J connectivity index is 2.29. The highest BCUT2D eigenvalue weighted by Crippen LogP contribution is 2.30. The summed E-state index contributed by atoms with van der Waals surface area (Å²) in [4.78, 5) is 0. The predicted molar refractivity (Wildman–Crippen MR) is 57.8 cm³/mol. The van der Waals surface area contributed by atoms with Crippen LogP contribution in [-0.2, 0) is 0 Å². The zero-order chi connectivity index (χ0) is 11.5. The minimum atomic E-state index is -0.903. The van der Waals surface area contributed by atoms with Crippen LogP contribution in [0.4, 0.5) is 8.78 Å². The minimum Gasteiger partial charge on any atom is -0.494 e. The van der Waals surface area contributed by atoms with E-state index in [0.29, 0.717) is 5.92 Å². The third kappa shape index (κ3) is 2.16. The number of halogens is 2. The molecule has 1 aromatic carbocycles. The van der Waals surface area contributed by atoms with E-state index in [2.05, 4.69) is 5.32 Å². The second-order valence-corrected chi connectivity index (χ2v) is 4.04. The van der Waals surface area contributed by atoms with Crippen LogP contribution < -0.4 is 10.1 Å². The number of nitrogens with one attached hydrogen (secondary N) is 1. The molecule has 1 heterocycles. The molecule has 16 heavy (non-hydrogen) atoms. The molecule has 0 amide bonds. The summed E-state index contributed by atoms with van der Waals surface area (Å²) in [6.07, 6.45) is 1.91. The number of hydrogen-bond acceptors (Lipinski definition) is 2. The molecule has 88 valence electrons. The Morgan fingerprint density at radius 2 is 1.94 bits per heavy atom. The van der Waals surface area contributed by atoms with Crippen LogP contribution in [0.5, 0.6) is 5.75 Å². The van der Waals surface area contributed by atoms with E-state index >= 15 is 0 Å². The molecule has 1 saturated heterocycles. The van der Waals surface area contributed by atoms with Crippen LogP contribution in [0, 0.1) is 11.6 Å². The molecule has 1 aliphatic rings. The van der Waals surface area contributed by atoms with Gasteiger partial charge in [0.15, 0.2) is 11.6 Å². The number of ether oxygens (including phenoxy) is 1. The molecule has 1 aromatic rings. The van der Waals surface area contributed by atoms with Gasteiger partial charge in [0.2, 0.25) is 5.82 Å². The van der Waals surface area contributed by atoms with Crippen LogP contribution in [0.1, 0.15) is 24.3 Å². The summed E-state index contributed by atoms with van der Waals surface area (Å²) < 4.78 is 31.4. The van der Waals surface area contributed by atoms with Crippen molar-refractivity contribution in [1.82, 2.24) is 5.32 Å². The first-order valence-electron chi connectivity index (χ1n) is 5.46. The molecule has 0 bridgehead atoms. The molecule has 2 rings (SSSR count).